The highest BCUT2D eigenvalue weighted by atomic mass is 19.4. The minimum atomic E-state index is -5.19. The first-order valence-electron chi connectivity index (χ1n) is 12.2. The third-order valence-corrected chi connectivity index (χ3v) is 6.30. The molecule has 0 amide bonds. The molecule has 38 heavy (non-hydrogen) atoms. The number of aryl methyl sites for hydroxylation is 1. The molecular formula is C28H28F3N3O4. The molecule has 2 aromatic carbocycles. The number of hydrogen-bond acceptors (Lipinski definition) is 7. The molecule has 0 aliphatic carbocycles. The highest BCUT2D eigenvalue weighted by molar-refractivity contribution is 5.88. The van der Waals surface area contributed by atoms with Crippen molar-refractivity contribution in [2.45, 2.75) is 46.0 Å². The fourth-order valence-corrected chi connectivity index (χ4v) is 4.30. The van der Waals surface area contributed by atoms with Crippen molar-refractivity contribution in [2.75, 3.05) is 13.1 Å². The van der Waals surface area contributed by atoms with Crippen LogP contribution < -0.4 is 4.74 Å². The third-order valence-electron chi connectivity index (χ3n) is 6.30. The van der Waals surface area contributed by atoms with Gasteiger partial charge in [-0.1, -0.05) is 31.2 Å². The molecule has 3 aromatic rings. The maximum atomic E-state index is 12.3. The zero-order valence-electron chi connectivity index (χ0n) is 21.1. The molecule has 0 saturated heterocycles. The molecule has 1 unspecified atom stereocenters. The summed E-state index contributed by atoms with van der Waals surface area (Å²) >= 11 is 0. The average molecular weight is 528 g/mol. The van der Waals surface area contributed by atoms with E-state index < -0.39 is 18.1 Å². The van der Waals surface area contributed by atoms with Crippen molar-refractivity contribution in [3.05, 3.63) is 77.1 Å². The van der Waals surface area contributed by atoms with Crippen molar-refractivity contribution < 1.29 is 32.2 Å². The summed E-state index contributed by atoms with van der Waals surface area (Å²) in [5, 5.41) is 0. The lowest BCUT2D eigenvalue weighted by Gasteiger charge is -2.30. The van der Waals surface area contributed by atoms with Gasteiger partial charge in [-0.25, -0.2) is 14.8 Å². The SMILES string of the molecule is Cc1ccccc1COc1ccc(-c2ncc3c(n2)CCN(CC(C)CC(=O)OC(=O)C(F)(F)F)C3)cc1. The van der Waals surface area contributed by atoms with Gasteiger partial charge in [0, 0.05) is 49.8 Å². The Bertz CT molecular complexity index is 1300. The standard InChI is InChI=1S/C28H28F3N3O4/c1-18(13-25(35)38-27(36)28(29,30)31)15-34-12-11-24-22(16-34)14-32-26(33-24)20-7-9-23(10-8-20)37-17-21-6-4-3-5-19(21)2/h3-10,14,18H,11-13,15-17H2,1-2H3. The summed E-state index contributed by atoms with van der Waals surface area (Å²) in [4.78, 5) is 33.8. The Morgan fingerprint density at radius 2 is 1.84 bits per heavy atom. The first-order valence-corrected chi connectivity index (χ1v) is 12.2. The normalized spacial score (nSPS) is 14.4. The van der Waals surface area contributed by atoms with E-state index in [1.807, 2.05) is 42.5 Å². The first kappa shape index (κ1) is 27.3. The Morgan fingerprint density at radius 3 is 2.55 bits per heavy atom. The van der Waals surface area contributed by atoms with Gasteiger partial charge in [0.25, 0.3) is 0 Å². The van der Waals surface area contributed by atoms with Crippen LogP contribution in [0.2, 0.25) is 0 Å². The van der Waals surface area contributed by atoms with E-state index in [4.69, 9.17) is 9.72 Å². The van der Waals surface area contributed by atoms with Crippen LogP contribution in [0.4, 0.5) is 13.2 Å². The number of rotatable bonds is 8. The van der Waals surface area contributed by atoms with E-state index in [9.17, 15) is 22.8 Å². The van der Waals surface area contributed by atoms with Gasteiger partial charge in [-0.2, -0.15) is 13.2 Å². The summed E-state index contributed by atoms with van der Waals surface area (Å²) in [7, 11) is 0. The minimum Gasteiger partial charge on any atom is -0.489 e. The molecule has 7 nitrogen and oxygen atoms in total. The monoisotopic (exact) mass is 527 g/mol. The molecule has 0 saturated carbocycles. The molecule has 0 radical (unpaired) electrons. The van der Waals surface area contributed by atoms with Gasteiger partial charge in [0.1, 0.15) is 12.4 Å². The van der Waals surface area contributed by atoms with Crippen molar-refractivity contribution in [1.82, 2.24) is 14.9 Å². The average Bonchev–Trinajstić information content (AvgIpc) is 2.87. The predicted molar refractivity (Wildman–Crippen MR) is 133 cm³/mol. The van der Waals surface area contributed by atoms with Crippen LogP contribution in [0.15, 0.2) is 54.7 Å². The van der Waals surface area contributed by atoms with Crippen LogP contribution in [0.25, 0.3) is 11.4 Å². The number of benzene rings is 2. The highest BCUT2D eigenvalue weighted by Gasteiger charge is 2.42. The quantitative estimate of drug-likeness (QED) is 0.300. The maximum absolute atomic E-state index is 12.3. The van der Waals surface area contributed by atoms with Gasteiger partial charge in [0.05, 0.1) is 5.69 Å². The topological polar surface area (TPSA) is 81.6 Å². The largest absolute Gasteiger partial charge is 0.491 e. The van der Waals surface area contributed by atoms with Gasteiger partial charge in [-0.3, -0.25) is 9.69 Å². The minimum absolute atomic E-state index is 0.286. The zero-order chi connectivity index (χ0) is 27.3. The second kappa shape index (κ2) is 11.7. The molecule has 0 spiro atoms. The van der Waals surface area contributed by atoms with E-state index in [1.165, 1.54) is 5.56 Å². The van der Waals surface area contributed by atoms with Crippen LogP contribution in [0.1, 0.15) is 35.7 Å². The summed E-state index contributed by atoms with van der Waals surface area (Å²) < 4.78 is 46.6. The van der Waals surface area contributed by atoms with Crippen molar-refractivity contribution in [3.8, 4) is 17.1 Å². The van der Waals surface area contributed by atoms with Crippen molar-refractivity contribution in [2.24, 2.45) is 5.92 Å². The number of carbonyl (C=O) groups is 2. The lowest BCUT2D eigenvalue weighted by molar-refractivity contribution is -0.202. The molecule has 0 fully saturated rings. The van der Waals surface area contributed by atoms with E-state index in [0.717, 1.165) is 28.1 Å². The van der Waals surface area contributed by atoms with Gasteiger partial charge < -0.3 is 9.47 Å². The fraction of sp³-hybridized carbons (Fsp3) is 0.357. The lowest BCUT2D eigenvalue weighted by Crippen LogP contribution is -2.35. The Morgan fingerprint density at radius 1 is 1.11 bits per heavy atom. The number of esters is 2. The molecule has 0 N–H and O–H groups in total. The summed E-state index contributed by atoms with van der Waals surface area (Å²) in [6.45, 7) is 5.96. The Hall–Kier alpha value is -3.79. The molecule has 1 aliphatic rings. The third kappa shape index (κ3) is 7.16. The van der Waals surface area contributed by atoms with Crippen LogP contribution in [0.5, 0.6) is 5.75 Å². The zero-order valence-corrected chi connectivity index (χ0v) is 21.1. The second-order valence-corrected chi connectivity index (χ2v) is 9.46. The molecule has 1 aliphatic heterocycles. The smallest absolute Gasteiger partial charge is 0.489 e. The van der Waals surface area contributed by atoms with E-state index in [0.29, 0.717) is 38.5 Å². The molecule has 10 heteroatoms. The van der Waals surface area contributed by atoms with Crippen molar-refractivity contribution in [1.29, 1.82) is 0 Å². The number of alkyl halides is 3. The van der Waals surface area contributed by atoms with Crippen molar-refractivity contribution in [3.63, 3.8) is 0 Å². The maximum Gasteiger partial charge on any atom is 0.491 e. The number of halogens is 3. The Kier molecular flexibility index (Phi) is 8.41. The fourth-order valence-electron chi connectivity index (χ4n) is 4.30. The van der Waals surface area contributed by atoms with Crippen LogP contribution in [-0.2, 0) is 33.9 Å². The Balaban J connectivity index is 1.30. The highest BCUT2D eigenvalue weighted by Crippen LogP contribution is 2.25. The summed E-state index contributed by atoms with van der Waals surface area (Å²) in [5.41, 5.74) is 5.09. The summed E-state index contributed by atoms with van der Waals surface area (Å²) in [6.07, 6.45) is -3.02. The molecule has 4 rings (SSSR count). The lowest BCUT2D eigenvalue weighted by atomic mass is 10.0. The number of hydrogen-bond donors (Lipinski definition) is 0. The first-order chi connectivity index (χ1) is 18.1. The summed E-state index contributed by atoms with van der Waals surface area (Å²) in [5.74, 6) is -2.59. The molecule has 0 bridgehead atoms. The van der Waals surface area contributed by atoms with Gasteiger partial charge in [0.15, 0.2) is 5.82 Å². The van der Waals surface area contributed by atoms with Gasteiger partial charge in [0.2, 0.25) is 0 Å². The Labute approximate surface area is 218 Å². The van der Waals surface area contributed by atoms with Crippen LogP contribution in [0, 0.1) is 12.8 Å². The van der Waals surface area contributed by atoms with E-state index in [1.54, 1.807) is 13.1 Å². The molecule has 200 valence electrons. The number of carbonyl (C=O) groups excluding carboxylic acids is 2. The second-order valence-electron chi connectivity index (χ2n) is 9.46. The van der Waals surface area contributed by atoms with Gasteiger partial charge in [-0.05, 0) is 48.2 Å². The van der Waals surface area contributed by atoms with Crippen LogP contribution >= 0.6 is 0 Å². The van der Waals surface area contributed by atoms with Crippen LogP contribution in [-0.4, -0.2) is 46.1 Å². The number of fused-ring (bicyclic) bond motifs is 1. The number of nitrogens with zero attached hydrogens (tertiary/aromatic N) is 3. The molecule has 1 atom stereocenters. The molecular weight excluding hydrogens is 499 g/mol. The molecule has 2 heterocycles. The predicted octanol–water partition coefficient (Wildman–Crippen LogP) is 5.05. The van der Waals surface area contributed by atoms with Crippen molar-refractivity contribution >= 4 is 11.9 Å². The van der Waals surface area contributed by atoms with Gasteiger partial charge in [-0.15, -0.1) is 0 Å². The van der Waals surface area contributed by atoms with Crippen LogP contribution in [0.3, 0.4) is 0 Å². The van der Waals surface area contributed by atoms with E-state index in [2.05, 4.69) is 27.6 Å². The number of ether oxygens (including phenoxy) is 2. The summed E-state index contributed by atoms with van der Waals surface area (Å²) in [6, 6.07) is 15.7. The van der Waals surface area contributed by atoms with E-state index in [-0.39, 0.29) is 12.3 Å². The molecule has 1 aromatic heterocycles. The van der Waals surface area contributed by atoms with E-state index >= 15 is 0 Å². The number of aromatic nitrogens is 2. The van der Waals surface area contributed by atoms with Gasteiger partial charge >= 0.3 is 18.1 Å².